The molecule has 2 aromatic rings. The van der Waals surface area contributed by atoms with Gasteiger partial charge in [0.05, 0.1) is 16.3 Å². The summed E-state index contributed by atoms with van der Waals surface area (Å²) in [5.41, 5.74) is 1.85. The van der Waals surface area contributed by atoms with Gasteiger partial charge < -0.3 is 10.4 Å². The van der Waals surface area contributed by atoms with Gasteiger partial charge in [-0.05, 0) is 91.5 Å². The second-order valence-electron chi connectivity index (χ2n) is 9.32. The number of carbonyl (C=O) groups is 2. The summed E-state index contributed by atoms with van der Waals surface area (Å²) < 4.78 is 0. The Hall–Kier alpha value is -2.53. The zero-order valence-corrected chi connectivity index (χ0v) is 17.4. The molecule has 0 spiro atoms. The third kappa shape index (κ3) is 3.45. The number of phenolic OH excluding ortho intramolecular Hbond substituents is 1. The highest BCUT2D eigenvalue weighted by atomic mass is 35.5. The van der Waals surface area contributed by atoms with Crippen LogP contribution in [0.15, 0.2) is 42.5 Å². The number of imide groups is 1. The van der Waals surface area contributed by atoms with Crippen LogP contribution in [0.3, 0.4) is 0 Å². The predicted molar refractivity (Wildman–Crippen MR) is 116 cm³/mol. The van der Waals surface area contributed by atoms with Crippen molar-refractivity contribution >= 4 is 29.2 Å². The fourth-order valence-corrected chi connectivity index (χ4v) is 6.62. The normalized spacial score (nSPS) is 28.9. The lowest BCUT2D eigenvalue weighted by molar-refractivity contribution is -0.00526. The van der Waals surface area contributed by atoms with Crippen LogP contribution in [0.1, 0.15) is 54.4 Å². The van der Waals surface area contributed by atoms with E-state index in [9.17, 15) is 14.7 Å². The number of benzene rings is 2. The number of urea groups is 1. The van der Waals surface area contributed by atoms with Crippen molar-refractivity contribution < 1.29 is 14.7 Å². The maximum Gasteiger partial charge on any atom is 0.326 e. The molecule has 4 saturated carbocycles. The number of nitrogens with one attached hydrogen (secondary N) is 2. The SMILES string of the molecule is O=C(NC(=O)c1ccccc1Cl)Nc1ccc(C23CC4CC(CC(C4)C2)C3)cc1O. The average Bonchev–Trinajstić information content (AvgIpc) is 2.68. The van der Waals surface area contributed by atoms with Crippen LogP contribution in [-0.4, -0.2) is 17.0 Å². The monoisotopic (exact) mass is 424 g/mol. The first-order chi connectivity index (χ1) is 14.4. The first kappa shape index (κ1) is 19.4. The third-order valence-electron chi connectivity index (χ3n) is 7.24. The lowest BCUT2D eigenvalue weighted by atomic mass is 9.48. The molecule has 5 nitrogen and oxygen atoms in total. The van der Waals surface area contributed by atoms with Gasteiger partial charge in [-0.2, -0.15) is 0 Å². The fourth-order valence-electron chi connectivity index (χ4n) is 6.40. The maximum absolute atomic E-state index is 12.3. The smallest absolute Gasteiger partial charge is 0.326 e. The summed E-state index contributed by atoms with van der Waals surface area (Å²) in [6, 6.07) is 11.4. The molecule has 0 radical (unpaired) electrons. The molecule has 0 saturated heterocycles. The van der Waals surface area contributed by atoms with Crippen molar-refractivity contribution in [1.29, 1.82) is 0 Å². The Morgan fingerprint density at radius 3 is 2.20 bits per heavy atom. The number of aromatic hydroxyl groups is 1. The highest BCUT2D eigenvalue weighted by molar-refractivity contribution is 6.34. The first-order valence-electron chi connectivity index (χ1n) is 10.6. The van der Waals surface area contributed by atoms with Gasteiger partial charge in [-0.25, -0.2) is 4.79 Å². The van der Waals surface area contributed by atoms with E-state index >= 15 is 0 Å². The van der Waals surface area contributed by atoms with Gasteiger partial charge in [-0.15, -0.1) is 0 Å². The molecule has 2 aromatic carbocycles. The van der Waals surface area contributed by atoms with E-state index in [0.717, 1.165) is 17.8 Å². The van der Waals surface area contributed by atoms with E-state index < -0.39 is 11.9 Å². The molecular weight excluding hydrogens is 400 g/mol. The molecule has 6 heteroatoms. The van der Waals surface area contributed by atoms with Gasteiger partial charge in [0.15, 0.2) is 0 Å². The Morgan fingerprint density at radius 1 is 0.967 bits per heavy atom. The van der Waals surface area contributed by atoms with E-state index in [1.807, 2.05) is 6.07 Å². The number of hydrogen-bond donors (Lipinski definition) is 3. The minimum Gasteiger partial charge on any atom is -0.506 e. The van der Waals surface area contributed by atoms with Crippen LogP contribution < -0.4 is 10.6 Å². The molecule has 30 heavy (non-hydrogen) atoms. The Kier molecular flexibility index (Phi) is 4.73. The topological polar surface area (TPSA) is 78.4 Å². The Bertz CT molecular complexity index is 984. The zero-order valence-electron chi connectivity index (χ0n) is 16.7. The summed E-state index contributed by atoms with van der Waals surface area (Å²) in [5.74, 6) is 1.89. The van der Waals surface area contributed by atoms with Crippen LogP contribution >= 0.6 is 11.6 Å². The molecule has 0 aromatic heterocycles. The van der Waals surface area contributed by atoms with Gasteiger partial charge in [0.25, 0.3) is 5.91 Å². The molecule has 0 aliphatic heterocycles. The van der Waals surface area contributed by atoms with Gasteiger partial charge >= 0.3 is 6.03 Å². The molecular formula is C24H25ClN2O3. The van der Waals surface area contributed by atoms with Crippen LogP contribution in [0.4, 0.5) is 10.5 Å². The van der Waals surface area contributed by atoms with Gasteiger partial charge in [0.1, 0.15) is 5.75 Å². The van der Waals surface area contributed by atoms with Crippen molar-refractivity contribution in [3.8, 4) is 5.75 Å². The molecule has 156 valence electrons. The zero-order chi connectivity index (χ0) is 20.9. The summed E-state index contributed by atoms with van der Waals surface area (Å²) in [5, 5.41) is 15.7. The van der Waals surface area contributed by atoms with E-state index in [0.29, 0.717) is 0 Å². The Balaban J connectivity index is 1.29. The van der Waals surface area contributed by atoms with Crippen molar-refractivity contribution in [3.63, 3.8) is 0 Å². The van der Waals surface area contributed by atoms with E-state index in [-0.39, 0.29) is 27.4 Å². The largest absolute Gasteiger partial charge is 0.506 e. The summed E-state index contributed by atoms with van der Waals surface area (Å²) in [6.07, 6.45) is 7.72. The molecule has 0 heterocycles. The molecule has 6 rings (SSSR count). The van der Waals surface area contributed by atoms with Crippen molar-refractivity contribution in [3.05, 3.63) is 58.6 Å². The standard InChI is InChI=1S/C24H25ClN2O3/c25-19-4-2-1-3-18(19)22(29)27-23(30)26-20-6-5-17(10-21(20)28)24-11-14-7-15(12-24)9-16(8-14)13-24/h1-6,10,14-16,28H,7-9,11-13H2,(H2,26,27,29,30). The molecule has 4 bridgehead atoms. The number of halogens is 1. The number of phenols is 1. The summed E-state index contributed by atoms with van der Waals surface area (Å²) in [7, 11) is 0. The van der Waals surface area contributed by atoms with E-state index in [2.05, 4.69) is 10.6 Å². The van der Waals surface area contributed by atoms with Crippen molar-refractivity contribution in [2.45, 2.75) is 43.9 Å². The molecule has 0 atom stereocenters. The summed E-state index contributed by atoms with van der Waals surface area (Å²) >= 11 is 6.00. The van der Waals surface area contributed by atoms with Crippen molar-refractivity contribution in [1.82, 2.24) is 5.32 Å². The summed E-state index contributed by atoms with van der Waals surface area (Å²) in [4.78, 5) is 24.5. The molecule has 0 unspecified atom stereocenters. The van der Waals surface area contributed by atoms with Crippen LogP contribution in [0.25, 0.3) is 0 Å². The molecule has 4 fully saturated rings. The number of amides is 3. The predicted octanol–water partition coefficient (Wildman–Crippen LogP) is 5.48. The van der Waals surface area contributed by atoms with Crippen LogP contribution in [-0.2, 0) is 5.41 Å². The van der Waals surface area contributed by atoms with Gasteiger partial charge in [0, 0.05) is 0 Å². The fraction of sp³-hybridized carbons (Fsp3) is 0.417. The Labute approximate surface area is 180 Å². The van der Waals surface area contributed by atoms with E-state index in [4.69, 9.17) is 11.6 Å². The van der Waals surface area contributed by atoms with Gasteiger partial charge in [-0.1, -0.05) is 29.8 Å². The molecule has 4 aliphatic rings. The number of carbonyl (C=O) groups excluding carboxylic acids is 2. The van der Waals surface area contributed by atoms with Gasteiger partial charge in [0.2, 0.25) is 0 Å². The lowest BCUT2D eigenvalue weighted by Gasteiger charge is -2.57. The second-order valence-corrected chi connectivity index (χ2v) is 9.73. The van der Waals surface area contributed by atoms with Crippen LogP contribution in [0.2, 0.25) is 5.02 Å². The second kappa shape index (κ2) is 7.31. The van der Waals surface area contributed by atoms with Crippen LogP contribution in [0, 0.1) is 17.8 Å². The number of hydrogen-bond acceptors (Lipinski definition) is 3. The minimum atomic E-state index is -0.710. The molecule has 3 amide bonds. The maximum atomic E-state index is 12.3. The Morgan fingerprint density at radius 2 is 1.60 bits per heavy atom. The van der Waals surface area contributed by atoms with Crippen molar-refractivity contribution in [2.24, 2.45) is 17.8 Å². The highest BCUT2D eigenvalue weighted by Crippen LogP contribution is 2.61. The summed E-state index contributed by atoms with van der Waals surface area (Å²) in [6.45, 7) is 0. The third-order valence-corrected chi connectivity index (χ3v) is 7.57. The first-order valence-corrected chi connectivity index (χ1v) is 11.0. The quantitative estimate of drug-likeness (QED) is 0.571. The van der Waals surface area contributed by atoms with Crippen molar-refractivity contribution in [2.75, 3.05) is 5.32 Å². The highest BCUT2D eigenvalue weighted by Gasteiger charge is 2.51. The lowest BCUT2D eigenvalue weighted by Crippen LogP contribution is -2.48. The van der Waals surface area contributed by atoms with E-state index in [1.54, 1.807) is 36.4 Å². The molecule has 4 aliphatic carbocycles. The molecule has 3 N–H and O–H groups in total. The van der Waals surface area contributed by atoms with Crippen LogP contribution in [0.5, 0.6) is 5.75 Å². The van der Waals surface area contributed by atoms with E-state index in [1.165, 1.54) is 44.1 Å². The number of rotatable bonds is 3. The van der Waals surface area contributed by atoms with Gasteiger partial charge in [-0.3, -0.25) is 10.1 Å². The number of anilines is 1. The minimum absolute atomic E-state index is 0.0311. The average molecular weight is 425 g/mol.